The van der Waals surface area contributed by atoms with Gasteiger partial charge in [0.25, 0.3) is 10.1 Å². The van der Waals surface area contributed by atoms with Crippen LogP contribution in [0.3, 0.4) is 0 Å². The normalized spacial score (nSPS) is 13.9. The van der Waals surface area contributed by atoms with Crippen LogP contribution in [-0.2, 0) is 34.5 Å². The molecule has 0 aliphatic carbocycles. The van der Waals surface area contributed by atoms with Gasteiger partial charge in [0.15, 0.2) is 9.84 Å². The highest BCUT2D eigenvalue weighted by Crippen LogP contribution is 2.34. The molecule has 2 aromatic rings. The molecule has 0 bridgehead atoms. The van der Waals surface area contributed by atoms with Gasteiger partial charge in [0, 0.05) is 11.1 Å². The molecule has 0 saturated carbocycles. The number of nitrogens with one attached hydrogen (secondary N) is 1. The average Bonchev–Trinajstić information content (AvgIpc) is 2.76. The first kappa shape index (κ1) is 30.5. The summed E-state index contributed by atoms with van der Waals surface area (Å²) in [4.78, 5) is 10.2. The minimum Gasteiger partial charge on any atom is -0.397 e. The molecule has 0 fully saturated rings. The van der Waals surface area contributed by atoms with Crippen molar-refractivity contribution < 1.29 is 43.3 Å². The van der Waals surface area contributed by atoms with Gasteiger partial charge < -0.3 is 16.8 Å². The smallest absolute Gasteiger partial charge is 0.397 e. The largest absolute Gasteiger partial charge is 0.397 e. The molecule has 0 aliphatic rings. The van der Waals surface area contributed by atoms with E-state index in [1.165, 1.54) is 25.1 Å². The summed E-state index contributed by atoms with van der Waals surface area (Å²) < 4.78 is 93.3. The van der Waals surface area contributed by atoms with Crippen LogP contribution in [0.2, 0.25) is 0 Å². The van der Waals surface area contributed by atoms with Crippen molar-refractivity contribution in [3.63, 3.8) is 0 Å². The van der Waals surface area contributed by atoms with Crippen molar-refractivity contribution in [2.45, 2.75) is 16.7 Å². The van der Waals surface area contributed by atoms with Gasteiger partial charge in [-0.2, -0.15) is 16.8 Å². The number of rotatable bonds is 11. The van der Waals surface area contributed by atoms with Crippen LogP contribution in [0.4, 0.5) is 10.5 Å². The zero-order chi connectivity index (χ0) is 28.9. The fourth-order valence-electron chi connectivity index (χ4n) is 3.08. The molecule has 0 atom stereocenters. The monoisotopic (exact) mass is 589 g/mol. The molecule has 18 heteroatoms. The molecule has 7 N–H and O–H groups in total. The number of azo groups is 1. The third-order valence-corrected chi connectivity index (χ3v) is 7.70. The molecule has 38 heavy (non-hydrogen) atoms. The first-order valence-electron chi connectivity index (χ1n) is 10.1. The van der Waals surface area contributed by atoms with E-state index in [1.807, 2.05) is 0 Å². The van der Waals surface area contributed by atoms with E-state index in [1.54, 1.807) is 0 Å². The van der Waals surface area contributed by atoms with Crippen molar-refractivity contribution in [3.8, 4) is 0 Å². The van der Waals surface area contributed by atoms with Gasteiger partial charge in [-0.3, -0.25) is 9.11 Å². The topological polar surface area (TPSA) is 258 Å². The van der Waals surface area contributed by atoms with Crippen LogP contribution in [0, 0.1) is 0 Å². The Kier molecular flexibility index (Phi) is 9.48. The lowest BCUT2D eigenvalue weighted by atomic mass is 10.1. The highest BCUT2D eigenvalue weighted by Gasteiger charge is 2.23. The number of carbonyl (C=O) groups is 1. The van der Waals surface area contributed by atoms with Crippen LogP contribution in [0.25, 0.3) is 10.8 Å². The van der Waals surface area contributed by atoms with Crippen LogP contribution < -0.4 is 16.8 Å². The number of benzene rings is 2. The van der Waals surface area contributed by atoms with Gasteiger partial charge in [-0.1, -0.05) is 24.8 Å². The van der Waals surface area contributed by atoms with E-state index >= 15 is 0 Å². The van der Waals surface area contributed by atoms with E-state index in [0.29, 0.717) is 0 Å². The van der Waals surface area contributed by atoms with Gasteiger partial charge in [-0.05, 0) is 36.6 Å². The van der Waals surface area contributed by atoms with Gasteiger partial charge >= 0.3 is 16.4 Å². The third kappa shape index (κ3) is 8.16. The van der Waals surface area contributed by atoms with Crippen LogP contribution in [-0.4, -0.2) is 52.7 Å². The average molecular weight is 590 g/mol. The van der Waals surface area contributed by atoms with Crippen molar-refractivity contribution in [2.75, 3.05) is 12.4 Å². The number of nitrogens with two attached hydrogens (primary N) is 2. The molecule has 0 spiro atoms. The number of fused-ring (bicyclic) bond motifs is 1. The Morgan fingerprint density at radius 2 is 1.76 bits per heavy atom. The van der Waals surface area contributed by atoms with Crippen molar-refractivity contribution in [2.24, 2.45) is 21.7 Å². The first-order chi connectivity index (χ1) is 17.5. The molecule has 206 valence electrons. The lowest BCUT2D eigenvalue weighted by molar-refractivity contribution is 0.251. The molecule has 0 unspecified atom stereocenters. The van der Waals surface area contributed by atoms with Crippen LogP contribution in [0.5, 0.6) is 0 Å². The maximum atomic E-state index is 12.5. The molecular formula is C20H23N5O10S3. The first-order valence-corrected chi connectivity index (χ1v) is 14.6. The molecule has 15 nitrogen and oxygen atoms in total. The number of allylic oxidation sites excluding steroid dienone is 3. The number of urea groups is 1. The zero-order valence-corrected chi connectivity index (χ0v) is 22.0. The quantitative estimate of drug-likeness (QED) is 0.143. The van der Waals surface area contributed by atoms with Gasteiger partial charge in [0.1, 0.15) is 16.3 Å². The minimum absolute atomic E-state index is 0.0166. The third-order valence-electron chi connectivity index (χ3n) is 4.62. The summed E-state index contributed by atoms with van der Waals surface area (Å²) in [7, 11) is -13.9. The molecule has 2 amide bonds. The SMILES string of the molecule is C=C/C=C(/N)C(/N=N/c1ccc2cc(S(=O)(=O)CCOS(=O)(=O)O)ccc2c1S(=O)(=O)O)=C(C)NC(N)=O. The maximum absolute atomic E-state index is 12.5. The summed E-state index contributed by atoms with van der Waals surface area (Å²) >= 11 is 0. The number of nitrogens with zero attached hydrogens (tertiary/aromatic N) is 2. The molecule has 0 heterocycles. The second-order valence-corrected chi connectivity index (χ2v) is 11.9. The molecule has 0 aliphatic heterocycles. The Bertz CT molecular complexity index is 1690. The van der Waals surface area contributed by atoms with Crippen LogP contribution in [0.1, 0.15) is 6.92 Å². The van der Waals surface area contributed by atoms with Gasteiger partial charge in [-0.25, -0.2) is 17.4 Å². The van der Waals surface area contributed by atoms with E-state index in [0.717, 1.165) is 24.3 Å². The van der Waals surface area contributed by atoms with Gasteiger partial charge in [-0.15, -0.1) is 10.2 Å². The fraction of sp³-hybridized carbons (Fsp3) is 0.150. The highest BCUT2D eigenvalue weighted by atomic mass is 32.3. The number of sulfone groups is 1. The number of hydrogen-bond acceptors (Lipinski definition) is 11. The van der Waals surface area contributed by atoms with E-state index in [2.05, 4.69) is 26.3 Å². The highest BCUT2D eigenvalue weighted by molar-refractivity contribution is 7.91. The van der Waals surface area contributed by atoms with Crippen molar-refractivity contribution in [3.05, 3.63) is 66.2 Å². The van der Waals surface area contributed by atoms with Crippen LogP contribution in [0.15, 0.2) is 86.2 Å². The summed E-state index contributed by atoms with van der Waals surface area (Å²) in [5.74, 6) is -0.816. The summed E-state index contributed by atoms with van der Waals surface area (Å²) in [5, 5.41) is 9.95. The maximum Gasteiger partial charge on any atom is 0.397 e. The second-order valence-electron chi connectivity index (χ2n) is 7.36. The summed E-state index contributed by atoms with van der Waals surface area (Å²) in [5.41, 5.74) is 10.6. The Morgan fingerprint density at radius 1 is 1.11 bits per heavy atom. The summed E-state index contributed by atoms with van der Waals surface area (Å²) in [6, 6.07) is 4.71. The predicted molar refractivity (Wildman–Crippen MR) is 136 cm³/mol. The van der Waals surface area contributed by atoms with E-state index in [9.17, 15) is 34.6 Å². The predicted octanol–water partition coefficient (Wildman–Crippen LogP) is 1.69. The molecule has 2 aromatic carbocycles. The van der Waals surface area contributed by atoms with E-state index in [-0.39, 0.29) is 38.4 Å². The lowest BCUT2D eigenvalue weighted by Gasteiger charge is -2.11. The molecular weight excluding hydrogens is 566 g/mol. The number of carbonyl (C=O) groups excluding carboxylic acids is 1. The summed E-state index contributed by atoms with van der Waals surface area (Å²) in [6.07, 6.45) is 2.65. The second kappa shape index (κ2) is 11.8. The van der Waals surface area contributed by atoms with Crippen LogP contribution >= 0.6 is 0 Å². The van der Waals surface area contributed by atoms with E-state index < -0.39 is 53.6 Å². The van der Waals surface area contributed by atoms with Crippen molar-refractivity contribution in [1.82, 2.24) is 5.32 Å². The van der Waals surface area contributed by atoms with Crippen molar-refractivity contribution >= 4 is 52.8 Å². The Morgan fingerprint density at radius 3 is 2.32 bits per heavy atom. The molecule has 0 saturated heterocycles. The van der Waals surface area contributed by atoms with Crippen molar-refractivity contribution in [1.29, 1.82) is 0 Å². The molecule has 0 radical (unpaired) electrons. The molecule has 2 rings (SSSR count). The van der Waals surface area contributed by atoms with Gasteiger partial charge in [0.05, 0.1) is 23.0 Å². The Balaban J connectivity index is 2.64. The fourth-order valence-corrected chi connectivity index (χ4v) is 5.44. The standard InChI is InChI=1S/C20H23N5O10S3/c1-3-4-16(21)18(12(2)23-20(22)26)25-24-17-8-5-13-11-14(6-7-15(13)19(17)37(29,30)31)36(27,28)10-9-35-38(32,33)34/h3-8,11H,1,9-10,21H2,2H3,(H3,22,23,26)(H,29,30,31)(H,32,33,34)/b16-4+,18-12?,25-24+. The van der Waals surface area contributed by atoms with Gasteiger partial charge in [0.2, 0.25) is 0 Å². The summed E-state index contributed by atoms with van der Waals surface area (Å²) in [6.45, 7) is 4.03. The lowest BCUT2D eigenvalue weighted by Crippen LogP contribution is -2.28. The number of primary amides is 1. The minimum atomic E-state index is -4.94. The Labute approximate surface area is 218 Å². The zero-order valence-electron chi connectivity index (χ0n) is 19.6. The Hall–Kier alpha value is -3.68. The van der Waals surface area contributed by atoms with E-state index in [4.69, 9.17) is 16.0 Å². The number of amides is 2. The number of hydrogen-bond donors (Lipinski definition) is 5. The molecule has 0 aromatic heterocycles.